The molecule has 0 aliphatic heterocycles. The largest absolute Gasteiger partial charge is 0.396 e. The van der Waals surface area contributed by atoms with E-state index in [1.165, 1.54) is 57.8 Å². The molecule has 0 aromatic heterocycles. The molecule has 4 aliphatic rings. The van der Waals surface area contributed by atoms with E-state index >= 15 is 0 Å². The fraction of sp³-hybridized carbons (Fsp3) is 1.00. The highest BCUT2D eigenvalue weighted by Gasteiger charge is 2.64. The van der Waals surface area contributed by atoms with E-state index in [9.17, 15) is 10.2 Å². The van der Waals surface area contributed by atoms with Gasteiger partial charge in [-0.05, 0) is 91.3 Å². The summed E-state index contributed by atoms with van der Waals surface area (Å²) in [5.41, 5.74) is 1.12. The van der Waals surface area contributed by atoms with Crippen molar-refractivity contribution < 1.29 is 10.2 Å². The molecule has 126 valence electrons. The molecule has 0 amide bonds. The summed E-state index contributed by atoms with van der Waals surface area (Å²) in [5.74, 6) is 2.93. The van der Waals surface area contributed by atoms with Gasteiger partial charge in [-0.2, -0.15) is 0 Å². The van der Waals surface area contributed by atoms with Crippen molar-refractivity contribution in [1.82, 2.24) is 0 Å². The Morgan fingerprint density at radius 2 is 1.73 bits per heavy atom. The zero-order chi connectivity index (χ0) is 15.6. The highest BCUT2D eigenvalue weighted by atomic mass is 16.3. The van der Waals surface area contributed by atoms with Crippen molar-refractivity contribution in [3.8, 4) is 0 Å². The minimum atomic E-state index is 0.153. The molecule has 1 spiro atoms. The molecule has 22 heavy (non-hydrogen) atoms. The summed E-state index contributed by atoms with van der Waals surface area (Å²) in [7, 11) is 0. The molecule has 0 saturated heterocycles. The van der Waals surface area contributed by atoms with Gasteiger partial charge in [0.05, 0.1) is 0 Å². The van der Waals surface area contributed by atoms with Crippen LogP contribution in [0, 0.1) is 39.9 Å². The van der Waals surface area contributed by atoms with Crippen LogP contribution in [0.3, 0.4) is 0 Å². The summed E-state index contributed by atoms with van der Waals surface area (Å²) in [4.78, 5) is 0. The van der Waals surface area contributed by atoms with E-state index in [-0.39, 0.29) is 5.41 Å². The van der Waals surface area contributed by atoms with Gasteiger partial charge in [0.15, 0.2) is 0 Å². The van der Waals surface area contributed by atoms with Gasteiger partial charge in [0.2, 0.25) is 0 Å². The van der Waals surface area contributed by atoms with E-state index in [0.29, 0.717) is 35.9 Å². The van der Waals surface area contributed by atoms with Crippen molar-refractivity contribution in [1.29, 1.82) is 0 Å². The van der Waals surface area contributed by atoms with E-state index in [2.05, 4.69) is 13.8 Å². The van der Waals surface area contributed by atoms with Gasteiger partial charge in [-0.15, -0.1) is 0 Å². The molecule has 4 aliphatic carbocycles. The zero-order valence-electron chi connectivity index (χ0n) is 14.5. The Hall–Kier alpha value is -0.0800. The lowest BCUT2D eigenvalue weighted by molar-refractivity contribution is -0.159. The van der Waals surface area contributed by atoms with E-state index in [1.54, 1.807) is 0 Å². The number of aliphatic hydroxyl groups is 2. The Morgan fingerprint density at radius 1 is 0.909 bits per heavy atom. The molecular weight excluding hydrogens is 272 g/mol. The number of fused-ring (bicyclic) bond motifs is 3. The summed E-state index contributed by atoms with van der Waals surface area (Å²) in [6.07, 6.45) is 12.0. The Labute approximate surface area is 135 Å². The fourth-order valence-corrected chi connectivity index (χ4v) is 8.13. The van der Waals surface area contributed by atoms with Crippen LogP contribution < -0.4 is 0 Å². The second-order valence-electron chi connectivity index (χ2n) is 9.87. The minimum Gasteiger partial charge on any atom is -0.396 e. The summed E-state index contributed by atoms with van der Waals surface area (Å²) < 4.78 is 0. The summed E-state index contributed by atoms with van der Waals surface area (Å²) in [5, 5.41) is 19.9. The zero-order valence-corrected chi connectivity index (χ0v) is 14.5. The second-order valence-corrected chi connectivity index (χ2v) is 9.87. The normalized spacial score (nSPS) is 57.3. The molecule has 0 aromatic rings. The lowest BCUT2D eigenvalue weighted by Crippen LogP contribution is -2.57. The van der Waals surface area contributed by atoms with Crippen LogP contribution in [0.15, 0.2) is 0 Å². The van der Waals surface area contributed by atoms with Crippen molar-refractivity contribution in [2.45, 2.75) is 71.6 Å². The van der Waals surface area contributed by atoms with Crippen molar-refractivity contribution >= 4 is 0 Å². The molecule has 2 heteroatoms. The van der Waals surface area contributed by atoms with Crippen LogP contribution in [0.2, 0.25) is 0 Å². The lowest BCUT2D eigenvalue weighted by Gasteiger charge is -2.64. The molecular formula is C20H34O2. The predicted molar refractivity (Wildman–Crippen MR) is 88.3 cm³/mol. The van der Waals surface area contributed by atoms with Gasteiger partial charge in [0.25, 0.3) is 0 Å². The highest BCUT2D eigenvalue weighted by Crippen LogP contribution is 2.72. The third kappa shape index (κ3) is 1.86. The molecule has 2 N–H and O–H groups in total. The Kier molecular flexibility index (Phi) is 3.48. The molecule has 4 saturated carbocycles. The maximum absolute atomic E-state index is 10.1. The SMILES string of the molecule is C[C@@]1(CO)CCC[C@@]2(C)C3CCC4CC3(CC[C@H]12)C[C@@H]4CO. The summed E-state index contributed by atoms with van der Waals surface area (Å²) >= 11 is 0. The Morgan fingerprint density at radius 3 is 2.45 bits per heavy atom. The van der Waals surface area contributed by atoms with Crippen LogP contribution in [0.5, 0.6) is 0 Å². The molecule has 7 atom stereocenters. The molecule has 3 unspecified atom stereocenters. The van der Waals surface area contributed by atoms with Crippen molar-refractivity contribution in [3.63, 3.8) is 0 Å². The molecule has 4 rings (SSSR count). The first-order valence-corrected chi connectivity index (χ1v) is 9.69. The third-order valence-corrected chi connectivity index (χ3v) is 8.99. The molecule has 2 bridgehead atoms. The van der Waals surface area contributed by atoms with Crippen LogP contribution in [0.1, 0.15) is 71.6 Å². The van der Waals surface area contributed by atoms with Crippen molar-refractivity contribution in [3.05, 3.63) is 0 Å². The van der Waals surface area contributed by atoms with Gasteiger partial charge in [-0.3, -0.25) is 0 Å². The van der Waals surface area contributed by atoms with Crippen LogP contribution in [0.4, 0.5) is 0 Å². The first-order valence-electron chi connectivity index (χ1n) is 9.69. The second kappa shape index (κ2) is 4.96. The van der Waals surface area contributed by atoms with Crippen LogP contribution in [0.25, 0.3) is 0 Å². The molecule has 0 heterocycles. The van der Waals surface area contributed by atoms with E-state index in [4.69, 9.17) is 0 Å². The number of aliphatic hydroxyl groups excluding tert-OH is 2. The minimum absolute atomic E-state index is 0.153. The molecule has 4 fully saturated rings. The first-order chi connectivity index (χ1) is 10.5. The monoisotopic (exact) mass is 306 g/mol. The van der Waals surface area contributed by atoms with Crippen molar-refractivity contribution in [2.75, 3.05) is 13.2 Å². The van der Waals surface area contributed by atoms with Gasteiger partial charge in [0, 0.05) is 13.2 Å². The summed E-state index contributed by atoms with van der Waals surface area (Å²) in [6, 6.07) is 0. The number of rotatable bonds is 2. The predicted octanol–water partition coefficient (Wildman–Crippen LogP) is 4.00. The number of hydrogen-bond acceptors (Lipinski definition) is 2. The summed E-state index contributed by atoms with van der Waals surface area (Å²) in [6.45, 7) is 5.70. The van der Waals surface area contributed by atoms with Crippen molar-refractivity contribution in [2.24, 2.45) is 39.9 Å². The fourth-order valence-electron chi connectivity index (χ4n) is 8.13. The van der Waals surface area contributed by atoms with Gasteiger partial charge in [0.1, 0.15) is 0 Å². The van der Waals surface area contributed by atoms with Gasteiger partial charge in [-0.1, -0.05) is 20.3 Å². The van der Waals surface area contributed by atoms with Gasteiger partial charge >= 0.3 is 0 Å². The van der Waals surface area contributed by atoms with Gasteiger partial charge < -0.3 is 10.2 Å². The standard InChI is InChI=1S/C20H34O2/c1-18(13-22)7-3-8-19(2)16(18)6-9-20-10-14(4-5-17(19)20)15(11-20)12-21/h14-17,21-22H,3-13H2,1-2H3/t14?,15-,16-,17?,18+,19-,20?/m1/s1. The average molecular weight is 306 g/mol. The first kappa shape index (κ1) is 15.4. The van der Waals surface area contributed by atoms with Gasteiger partial charge in [-0.25, -0.2) is 0 Å². The van der Waals surface area contributed by atoms with Crippen LogP contribution >= 0.6 is 0 Å². The quantitative estimate of drug-likeness (QED) is 0.809. The van der Waals surface area contributed by atoms with E-state index in [0.717, 1.165) is 11.8 Å². The smallest absolute Gasteiger partial charge is 0.0487 e. The Balaban J connectivity index is 1.69. The topological polar surface area (TPSA) is 40.5 Å². The molecule has 2 nitrogen and oxygen atoms in total. The maximum atomic E-state index is 10.1. The molecule has 0 radical (unpaired) electrons. The highest BCUT2D eigenvalue weighted by molar-refractivity contribution is 5.13. The third-order valence-electron chi connectivity index (χ3n) is 8.99. The lowest BCUT2D eigenvalue weighted by atomic mass is 9.41. The maximum Gasteiger partial charge on any atom is 0.0487 e. The van der Waals surface area contributed by atoms with Crippen LogP contribution in [-0.4, -0.2) is 23.4 Å². The Bertz CT molecular complexity index is 449. The van der Waals surface area contributed by atoms with E-state index < -0.39 is 0 Å². The average Bonchev–Trinajstić information content (AvgIpc) is 2.77. The van der Waals surface area contributed by atoms with E-state index in [1.807, 2.05) is 0 Å². The van der Waals surface area contributed by atoms with Crippen LogP contribution in [-0.2, 0) is 0 Å². The number of hydrogen-bond donors (Lipinski definition) is 2. The molecule has 0 aromatic carbocycles.